The van der Waals surface area contributed by atoms with Crippen LogP contribution in [-0.4, -0.2) is 10.5 Å². The Hall–Kier alpha value is -2.51. The van der Waals surface area contributed by atoms with Crippen molar-refractivity contribution in [3.8, 4) is 0 Å². The van der Waals surface area contributed by atoms with Crippen molar-refractivity contribution in [2.75, 3.05) is 0 Å². The van der Waals surface area contributed by atoms with E-state index in [1.165, 1.54) is 28.8 Å². The number of nitrogens with zero attached hydrogens (tertiary/aromatic N) is 1. The number of hydrogen-bond donors (Lipinski definition) is 1. The van der Waals surface area contributed by atoms with Crippen LogP contribution in [0.2, 0.25) is 5.02 Å². The monoisotopic (exact) mass is 408 g/mol. The van der Waals surface area contributed by atoms with Gasteiger partial charge in [-0.3, -0.25) is 14.2 Å². The highest BCUT2D eigenvalue weighted by atomic mass is 35.5. The lowest BCUT2D eigenvalue weighted by molar-refractivity contribution is 0.0954. The van der Waals surface area contributed by atoms with E-state index in [0.29, 0.717) is 16.1 Å². The molecule has 0 bridgehead atoms. The normalized spacial score (nSPS) is 10.8. The molecular weight excluding hydrogens is 394 g/mol. The molecule has 0 spiro atoms. The van der Waals surface area contributed by atoms with Gasteiger partial charge in [-0.05, 0) is 42.3 Å². The van der Waals surface area contributed by atoms with E-state index in [2.05, 4.69) is 5.32 Å². The van der Waals surface area contributed by atoms with Gasteiger partial charge in [-0.2, -0.15) is 0 Å². The van der Waals surface area contributed by atoms with Crippen molar-refractivity contribution >= 4 is 28.8 Å². The average Bonchev–Trinajstić information content (AvgIpc) is 2.92. The summed E-state index contributed by atoms with van der Waals surface area (Å²) in [7, 11) is 0. The van der Waals surface area contributed by atoms with Crippen molar-refractivity contribution in [1.82, 2.24) is 9.88 Å². The van der Waals surface area contributed by atoms with Crippen molar-refractivity contribution in [3.63, 3.8) is 0 Å². The Kier molecular flexibility index (Phi) is 5.72. The summed E-state index contributed by atoms with van der Waals surface area (Å²) < 4.78 is 27.7. The van der Waals surface area contributed by atoms with Gasteiger partial charge in [-0.25, -0.2) is 8.78 Å². The lowest BCUT2D eigenvalue weighted by Gasteiger charge is -2.08. The fraction of sp³-hybridized carbons (Fsp3) is 0.158. The van der Waals surface area contributed by atoms with Crippen LogP contribution in [-0.2, 0) is 13.1 Å². The maximum atomic E-state index is 13.3. The van der Waals surface area contributed by atoms with E-state index in [0.717, 1.165) is 16.9 Å². The third-order valence-corrected chi connectivity index (χ3v) is 5.41. The van der Waals surface area contributed by atoms with Crippen LogP contribution in [0.25, 0.3) is 0 Å². The zero-order valence-corrected chi connectivity index (χ0v) is 15.8. The first kappa shape index (κ1) is 19.3. The van der Waals surface area contributed by atoms with Gasteiger partial charge in [0.1, 0.15) is 16.5 Å². The minimum atomic E-state index is -0.532. The smallest absolute Gasteiger partial charge is 0.308 e. The number of aromatic nitrogens is 1. The summed E-state index contributed by atoms with van der Waals surface area (Å²) in [6.07, 6.45) is 0. The summed E-state index contributed by atoms with van der Waals surface area (Å²) in [4.78, 5) is 24.7. The molecule has 3 rings (SSSR count). The van der Waals surface area contributed by atoms with Crippen molar-refractivity contribution in [2.24, 2.45) is 0 Å². The summed E-state index contributed by atoms with van der Waals surface area (Å²) in [5.74, 6) is -1.26. The molecule has 2 aromatic carbocycles. The second kappa shape index (κ2) is 8.02. The number of carbonyl (C=O) groups is 1. The van der Waals surface area contributed by atoms with Crippen molar-refractivity contribution in [3.05, 3.63) is 90.5 Å². The van der Waals surface area contributed by atoms with Gasteiger partial charge in [0.15, 0.2) is 0 Å². The largest absolute Gasteiger partial charge is 0.347 e. The SMILES string of the molecule is Cc1c(C(=O)NCc2ccc(F)cc2)sc(=O)n1Cc1ccc(F)c(Cl)c1. The van der Waals surface area contributed by atoms with Crippen molar-refractivity contribution in [2.45, 2.75) is 20.0 Å². The number of benzene rings is 2. The summed E-state index contributed by atoms with van der Waals surface area (Å²) in [6, 6.07) is 10.0. The number of carbonyl (C=O) groups excluding carboxylic acids is 1. The molecule has 8 heteroatoms. The predicted molar refractivity (Wildman–Crippen MR) is 101 cm³/mol. The molecule has 0 atom stereocenters. The molecule has 0 aliphatic carbocycles. The summed E-state index contributed by atoms with van der Waals surface area (Å²) in [6.45, 7) is 2.08. The molecule has 1 N–H and O–H groups in total. The minimum absolute atomic E-state index is 0.0225. The van der Waals surface area contributed by atoms with Crippen LogP contribution in [0.5, 0.6) is 0 Å². The van der Waals surface area contributed by atoms with Crippen LogP contribution in [0.4, 0.5) is 8.78 Å². The first-order valence-corrected chi connectivity index (χ1v) is 9.21. The third-order valence-electron chi connectivity index (χ3n) is 4.04. The molecule has 0 radical (unpaired) electrons. The molecule has 0 aliphatic rings. The van der Waals surface area contributed by atoms with Gasteiger partial charge < -0.3 is 5.32 Å². The van der Waals surface area contributed by atoms with Crippen LogP contribution in [0.1, 0.15) is 26.5 Å². The van der Waals surface area contributed by atoms with E-state index >= 15 is 0 Å². The molecule has 4 nitrogen and oxygen atoms in total. The summed E-state index contributed by atoms with van der Waals surface area (Å²) in [5, 5.41) is 2.70. The first-order valence-electron chi connectivity index (χ1n) is 8.02. The quantitative estimate of drug-likeness (QED) is 0.690. The second-order valence-corrected chi connectivity index (χ2v) is 7.30. The third kappa shape index (κ3) is 4.43. The Morgan fingerprint density at radius 1 is 1.15 bits per heavy atom. The van der Waals surface area contributed by atoms with Crippen LogP contribution < -0.4 is 10.2 Å². The Labute approximate surface area is 163 Å². The maximum absolute atomic E-state index is 13.3. The second-order valence-electron chi connectivity index (χ2n) is 5.93. The number of nitrogens with one attached hydrogen (secondary N) is 1. The van der Waals surface area contributed by atoms with E-state index < -0.39 is 5.82 Å². The topological polar surface area (TPSA) is 51.1 Å². The van der Waals surface area contributed by atoms with E-state index in [9.17, 15) is 18.4 Å². The predicted octanol–water partition coefficient (Wildman–Crippen LogP) is 4.13. The van der Waals surface area contributed by atoms with Crippen molar-refractivity contribution in [1.29, 1.82) is 0 Å². The number of amides is 1. The Bertz CT molecular complexity index is 1040. The molecule has 0 aliphatic heterocycles. The number of rotatable bonds is 5. The van der Waals surface area contributed by atoms with Gasteiger partial charge in [0.2, 0.25) is 0 Å². The molecule has 1 heterocycles. The average molecular weight is 409 g/mol. The molecule has 0 saturated carbocycles. The summed E-state index contributed by atoms with van der Waals surface area (Å²) in [5.41, 5.74) is 1.92. The van der Waals surface area contributed by atoms with E-state index in [4.69, 9.17) is 11.6 Å². The van der Waals surface area contributed by atoms with Crippen LogP contribution in [0.3, 0.4) is 0 Å². The molecule has 0 saturated heterocycles. The Morgan fingerprint density at radius 2 is 1.81 bits per heavy atom. The van der Waals surface area contributed by atoms with E-state index in [1.54, 1.807) is 25.1 Å². The minimum Gasteiger partial charge on any atom is -0.347 e. The number of thiazole rings is 1. The standard InChI is InChI=1S/C19H15ClF2N2O2S/c1-11-17(18(25)23-9-12-2-5-14(21)6-3-12)27-19(26)24(11)10-13-4-7-16(22)15(20)8-13/h2-8H,9-10H2,1H3,(H,23,25). The molecule has 1 amide bonds. The van der Waals surface area contributed by atoms with Gasteiger partial charge in [-0.1, -0.05) is 41.1 Å². The zero-order valence-electron chi connectivity index (χ0n) is 14.3. The number of hydrogen-bond acceptors (Lipinski definition) is 3. The van der Waals surface area contributed by atoms with Gasteiger partial charge >= 0.3 is 4.87 Å². The highest BCUT2D eigenvalue weighted by molar-refractivity contribution is 7.11. The van der Waals surface area contributed by atoms with Crippen LogP contribution in [0.15, 0.2) is 47.3 Å². The first-order chi connectivity index (χ1) is 12.8. The molecule has 3 aromatic rings. The highest BCUT2D eigenvalue weighted by Gasteiger charge is 2.18. The molecule has 1 aromatic heterocycles. The van der Waals surface area contributed by atoms with Gasteiger partial charge in [-0.15, -0.1) is 0 Å². The molecule has 140 valence electrons. The molecule has 27 heavy (non-hydrogen) atoms. The lowest BCUT2D eigenvalue weighted by Crippen LogP contribution is -2.23. The van der Waals surface area contributed by atoms with E-state index in [-0.39, 0.29) is 34.7 Å². The Balaban J connectivity index is 1.76. The zero-order chi connectivity index (χ0) is 19.6. The lowest BCUT2D eigenvalue weighted by atomic mass is 10.2. The van der Waals surface area contributed by atoms with Gasteiger partial charge in [0.25, 0.3) is 5.91 Å². The Morgan fingerprint density at radius 3 is 2.48 bits per heavy atom. The fourth-order valence-electron chi connectivity index (χ4n) is 2.55. The van der Waals surface area contributed by atoms with Crippen LogP contribution in [0, 0.1) is 18.6 Å². The maximum Gasteiger partial charge on any atom is 0.308 e. The van der Waals surface area contributed by atoms with Gasteiger partial charge in [0, 0.05) is 12.2 Å². The fourth-order valence-corrected chi connectivity index (χ4v) is 3.67. The summed E-state index contributed by atoms with van der Waals surface area (Å²) >= 11 is 6.62. The molecule has 0 fully saturated rings. The van der Waals surface area contributed by atoms with Crippen molar-refractivity contribution < 1.29 is 13.6 Å². The molecular formula is C19H15ClF2N2O2S. The number of halogens is 3. The van der Waals surface area contributed by atoms with E-state index in [1.807, 2.05) is 0 Å². The van der Waals surface area contributed by atoms with Gasteiger partial charge in [0.05, 0.1) is 11.6 Å². The highest BCUT2D eigenvalue weighted by Crippen LogP contribution is 2.19. The van der Waals surface area contributed by atoms with Crippen LogP contribution >= 0.6 is 22.9 Å². The molecule has 0 unspecified atom stereocenters.